The van der Waals surface area contributed by atoms with E-state index in [1.807, 2.05) is 49.4 Å². The monoisotopic (exact) mass is 262 g/mol. The number of aryl methyl sites for hydroxylation is 1. The number of para-hydroxylation sites is 1. The highest BCUT2D eigenvalue weighted by Gasteiger charge is 2.09. The quantitative estimate of drug-likeness (QED) is 0.763. The van der Waals surface area contributed by atoms with Gasteiger partial charge in [0.2, 0.25) is 0 Å². The average Bonchev–Trinajstić information content (AvgIpc) is 2.49. The highest BCUT2D eigenvalue weighted by Crippen LogP contribution is 2.23. The van der Waals surface area contributed by atoms with Crippen molar-refractivity contribution in [2.24, 2.45) is 0 Å². The number of carbonyl (C=O) groups excluding carboxylic acids is 1. The summed E-state index contributed by atoms with van der Waals surface area (Å²) in [5, 5.41) is 3.98. The maximum atomic E-state index is 12.2. The van der Waals surface area contributed by atoms with Crippen LogP contribution in [0.25, 0.3) is 10.9 Å². The molecular formula is C17H14N2O. The van der Waals surface area contributed by atoms with E-state index in [0.717, 1.165) is 22.2 Å². The number of hydrogen-bond donors (Lipinski definition) is 1. The smallest absolute Gasteiger partial charge is 0.255 e. The van der Waals surface area contributed by atoms with Crippen molar-refractivity contribution in [1.82, 2.24) is 4.98 Å². The zero-order valence-electron chi connectivity index (χ0n) is 11.1. The molecule has 0 aliphatic rings. The highest BCUT2D eigenvalue weighted by molar-refractivity contribution is 6.08. The van der Waals surface area contributed by atoms with Gasteiger partial charge in [-0.05, 0) is 36.8 Å². The van der Waals surface area contributed by atoms with Gasteiger partial charge in [-0.25, -0.2) is 0 Å². The first-order valence-corrected chi connectivity index (χ1v) is 6.46. The summed E-state index contributed by atoms with van der Waals surface area (Å²) in [6, 6.07) is 16.9. The summed E-state index contributed by atoms with van der Waals surface area (Å²) < 4.78 is 0. The molecule has 0 unspecified atom stereocenters. The van der Waals surface area contributed by atoms with E-state index in [2.05, 4.69) is 10.3 Å². The second kappa shape index (κ2) is 5.13. The van der Waals surface area contributed by atoms with Gasteiger partial charge in [0, 0.05) is 17.1 Å². The van der Waals surface area contributed by atoms with Crippen molar-refractivity contribution in [3.63, 3.8) is 0 Å². The Bertz CT molecular complexity index is 766. The summed E-state index contributed by atoms with van der Waals surface area (Å²) in [5.41, 5.74) is 3.33. The Morgan fingerprint density at radius 3 is 2.60 bits per heavy atom. The van der Waals surface area contributed by atoms with Gasteiger partial charge in [-0.1, -0.05) is 30.3 Å². The Morgan fingerprint density at radius 1 is 1.00 bits per heavy atom. The molecule has 1 heterocycles. The van der Waals surface area contributed by atoms with E-state index in [9.17, 15) is 4.79 Å². The molecule has 3 nitrogen and oxygen atoms in total. The number of nitrogens with zero attached hydrogens (tertiary/aromatic N) is 1. The lowest BCUT2D eigenvalue weighted by Crippen LogP contribution is -2.12. The van der Waals surface area contributed by atoms with E-state index >= 15 is 0 Å². The molecular weight excluding hydrogens is 248 g/mol. The first kappa shape index (κ1) is 12.4. The molecule has 3 rings (SSSR count). The molecule has 0 bridgehead atoms. The molecule has 1 N–H and O–H groups in total. The van der Waals surface area contributed by atoms with Gasteiger partial charge in [0.15, 0.2) is 0 Å². The largest absolute Gasteiger partial charge is 0.320 e. The van der Waals surface area contributed by atoms with E-state index < -0.39 is 0 Å². The lowest BCUT2D eigenvalue weighted by Gasteiger charge is -2.09. The molecule has 0 aliphatic heterocycles. The lowest BCUT2D eigenvalue weighted by atomic mass is 10.1. The van der Waals surface area contributed by atoms with Crippen LogP contribution in [0.3, 0.4) is 0 Å². The van der Waals surface area contributed by atoms with Crippen LogP contribution in [0, 0.1) is 6.92 Å². The van der Waals surface area contributed by atoms with E-state index in [-0.39, 0.29) is 5.91 Å². The van der Waals surface area contributed by atoms with Gasteiger partial charge in [0.05, 0.1) is 11.2 Å². The first-order chi connectivity index (χ1) is 9.75. The van der Waals surface area contributed by atoms with Crippen molar-refractivity contribution in [1.29, 1.82) is 0 Å². The number of aromatic nitrogens is 1. The minimum Gasteiger partial charge on any atom is -0.320 e. The molecule has 1 amide bonds. The summed E-state index contributed by atoms with van der Waals surface area (Å²) in [7, 11) is 0. The Kier molecular flexibility index (Phi) is 3.17. The standard InChI is InChI=1S/C17H14N2O/c1-12-10-11-18-16-14(12)8-5-9-15(16)19-17(20)13-6-3-2-4-7-13/h2-11H,1H3,(H,19,20). The number of hydrogen-bond acceptors (Lipinski definition) is 2. The van der Waals surface area contributed by atoms with Gasteiger partial charge in [-0.3, -0.25) is 9.78 Å². The van der Waals surface area contributed by atoms with Gasteiger partial charge in [-0.15, -0.1) is 0 Å². The number of nitrogens with one attached hydrogen (secondary N) is 1. The third kappa shape index (κ3) is 2.26. The van der Waals surface area contributed by atoms with Crippen molar-refractivity contribution in [3.05, 3.63) is 71.9 Å². The van der Waals surface area contributed by atoms with Crippen LogP contribution in [0.4, 0.5) is 5.69 Å². The molecule has 0 radical (unpaired) electrons. The molecule has 0 aliphatic carbocycles. The predicted molar refractivity (Wildman–Crippen MR) is 80.9 cm³/mol. The SMILES string of the molecule is Cc1ccnc2c(NC(=O)c3ccccc3)cccc12. The fraction of sp³-hybridized carbons (Fsp3) is 0.0588. The molecule has 0 atom stereocenters. The van der Waals surface area contributed by atoms with E-state index in [0.29, 0.717) is 5.56 Å². The van der Waals surface area contributed by atoms with Crippen LogP contribution in [0.2, 0.25) is 0 Å². The van der Waals surface area contributed by atoms with Crippen LogP contribution in [-0.2, 0) is 0 Å². The van der Waals surface area contributed by atoms with Crippen molar-refractivity contribution in [2.45, 2.75) is 6.92 Å². The van der Waals surface area contributed by atoms with Crippen LogP contribution >= 0.6 is 0 Å². The second-order valence-corrected chi connectivity index (χ2v) is 4.65. The first-order valence-electron chi connectivity index (χ1n) is 6.46. The highest BCUT2D eigenvalue weighted by atomic mass is 16.1. The molecule has 0 saturated heterocycles. The summed E-state index contributed by atoms with van der Waals surface area (Å²) in [4.78, 5) is 16.6. The fourth-order valence-electron chi connectivity index (χ4n) is 2.20. The van der Waals surface area contributed by atoms with Crippen LogP contribution < -0.4 is 5.32 Å². The Morgan fingerprint density at radius 2 is 1.80 bits per heavy atom. The lowest BCUT2D eigenvalue weighted by molar-refractivity contribution is 0.102. The third-order valence-electron chi connectivity index (χ3n) is 3.27. The minimum absolute atomic E-state index is 0.124. The van der Waals surface area contributed by atoms with Crippen molar-refractivity contribution in [2.75, 3.05) is 5.32 Å². The van der Waals surface area contributed by atoms with E-state index in [1.54, 1.807) is 18.3 Å². The number of pyridine rings is 1. The number of carbonyl (C=O) groups is 1. The Balaban J connectivity index is 2.00. The maximum absolute atomic E-state index is 12.2. The van der Waals surface area contributed by atoms with Gasteiger partial charge in [-0.2, -0.15) is 0 Å². The molecule has 0 spiro atoms. The molecule has 0 saturated carbocycles. The number of rotatable bonds is 2. The molecule has 3 heteroatoms. The van der Waals surface area contributed by atoms with Gasteiger partial charge >= 0.3 is 0 Å². The summed E-state index contributed by atoms with van der Waals surface area (Å²) >= 11 is 0. The van der Waals surface area contributed by atoms with Crippen LogP contribution in [0.1, 0.15) is 15.9 Å². The zero-order valence-corrected chi connectivity index (χ0v) is 11.1. The number of fused-ring (bicyclic) bond motifs is 1. The predicted octanol–water partition coefficient (Wildman–Crippen LogP) is 3.80. The fourth-order valence-corrected chi connectivity index (χ4v) is 2.20. The summed E-state index contributed by atoms with van der Waals surface area (Å²) in [5.74, 6) is -0.124. The normalized spacial score (nSPS) is 10.4. The van der Waals surface area contributed by atoms with Gasteiger partial charge < -0.3 is 5.32 Å². The minimum atomic E-state index is -0.124. The van der Waals surface area contributed by atoms with E-state index in [1.165, 1.54) is 0 Å². The van der Waals surface area contributed by atoms with Gasteiger partial charge in [0.1, 0.15) is 0 Å². The van der Waals surface area contributed by atoms with Crippen molar-refractivity contribution >= 4 is 22.5 Å². The second-order valence-electron chi connectivity index (χ2n) is 4.65. The zero-order chi connectivity index (χ0) is 13.9. The summed E-state index contributed by atoms with van der Waals surface area (Å²) in [6.07, 6.45) is 1.76. The van der Waals surface area contributed by atoms with Gasteiger partial charge in [0.25, 0.3) is 5.91 Å². The van der Waals surface area contributed by atoms with E-state index in [4.69, 9.17) is 0 Å². The number of amides is 1. The maximum Gasteiger partial charge on any atom is 0.255 e. The molecule has 98 valence electrons. The van der Waals surface area contributed by atoms with Crippen LogP contribution in [0.15, 0.2) is 60.8 Å². The molecule has 2 aromatic carbocycles. The summed E-state index contributed by atoms with van der Waals surface area (Å²) in [6.45, 7) is 2.03. The van der Waals surface area contributed by atoms with Crippen molar-refractivity contribution < 1.29 is 4.79 Å². The van der Waals surface area contributed by atoms with Crippen LogP contribution in [0.5, 0.6) is 0 Å². The number of benzene rings is 2. The topological polar surface area (TPSA) is 42.0 Å². The molecule has 1 aromatic heterocycles. The average molecular weight is 262 g/mol. The Hall–Kier alpha value is -2.68. The van der Waals surface area contributed by atoms with Crippen LogP contribution in [-0.4, -0.2) is 10.9 Å². The number of anilines is 1. The molecule has 20 heavy (non-hydrogen) atoms. The molecule has 3 aromatic rings. The Labute approximate surface area is 117 Å². The third-order valence-corrected chi connectivity index (χ3v) is 3.27. The molecule has 0 fully saturated rings. The van der Waals surface area contributed by atoms with Crippen molar-refractivity contribution in [3.8, 4) is 0 Å².